The minimum absolute atomic E-state index is 0.0885. The van der Waals surface area contributed by atoms with Crippen molar-refractivity contribution in [2.75, 3.05) is 25.4 Å². The van der Waals surface area contributed by atoms with E-state index in [0.29, 0.717) is 30.9 Å². The van der Waals surface area contributed by atoms with Crippen LogP contribution in [0.1, 0.15) is 61.2 Å². The van der Waals surface area contributed by atoms with Gasteiger partial charge in [-0.15, -0.1) is 0 Å². The van der Waals surface area contributed by atoms with Crippen LogP contribution in [-0.2, 0) is 17.9 Å². The second-order valence-corrected chi connectivity index (χ2v) is 10.2. The van der Waals surface area contributed by atoms with E-state index >= 15 is 0 Å². The molecule has 1 aliphatic carbocycles. The number of nitrogens with one attached hydrogen (secondary N) is 1. The molecule has 2 amide bonds. The molecule has 0 bridgehead atoms. The van der Waals surface area contributed by atoms with Crippen molar-refractivity contribution in [2.45, 2.75) is 71.6 Å². The largest absolute Gasteiger partial charge is 0.382 e. The summed E-state index contributed by atoms with van der Waals surface area (Å²) in [6.45, 7) is 9.67. The molecule has 0 radical (unpaired) electrons. The first-order valence-corrected chi connectivity index (χ1v) is 13.3. The summed E-state index contributed by atoms with van der Waals surface area (Å²) in [5, 5.41) is 3.25. The highest BCUT2D eigenvalue weighted by atomic mass is 16.5. The molecule has 1 aromatic carbocycles. The summed E-state index contributed by atoms with van der Waals surface area (Å²) in [4.78, 5) is 24.1. The van der Waals surface area contributed by atoms with Crippen molar-refractivity contribution in [3.63, 3.8) is 0 Å². The highest BCUT2D eigenvalue weighted by Gasteiger charge is 2.40. The third kappa shape index (κ3) is 5.05. The number of hydrogen-bond donors (Lipinski definition) is 2. The summed E-state index contributed by atoms with van der Waals surface area (Å²) in [5.41, 5.74) is 11.5. The monoisotopic (exact) mass is 490 g/mol. The number of fused-ring (bicyclic) bond motifs is 1. The number of nitrogens with zero attached hydrogens (tertiary/aromatic N) is 4. The molecule has 36 heavy (non-hydrogen) atoms. The number of urea groups is 1. The number of amides is 2. The number of piperidine rings is 1. The molecule has 8 heteroatoms. The predicted molar refractivity (Wildman–Crippen MR) is 142 cm³/mol. The van der Waals surface area contributed by atoms with E-state index in [9.17, 15) is 4.79 Å². The summed E-state index contributed by atoms with van der Waals surface area (Å²) in [6, 6.07) is 10.8. The molecule has 3 heterocycles. The third-order valence-electron chi connectivity index (χ3n) is 7.90. The van der Waals surface area contributed by atoms with Crippen LogP contribution in [0, 0.1) is 19.8 Å². The molecule has 192 valence electrons. The molecule has 2 unspecified atom stereocenters. The van der Waals surface area contributed by atoms with Gasteiger partial charge in [0.25, 0.3) is 0 Å². The molecule has 1 saturated heterocycles. The first-order chi connectivity index (χ1) is 17.5. The number of aryl methyl sites for hydroxylation is 3. The molecular formula is C28H38N6O2. The number of ether oxygens (including phenoxy) is 1. The number of carbonyl (C=O) groups excluding carboxylic acids is 1. The lowest BCUT2D eigenvalue weighted by Crippen LogP contribution is -2.45. The Morgan fingerprint density at radius 3 is 2.64 bits per heavy atom. The molecule has 3 aromatic rings. The average Bonchev–Trinajstić information content (AvgIpc) is 3.56. The van der Waals surface area contributed by atoms with Gasteiger partial charge in [0, 0.05) is 43.9 Å². The van der Waals surface area contributed by atoms with E-state index < -0.39 is 0 Å². The summed E-state index contributed by atoms with van der Waals surface area (Å²) >= 11 is 0. The van der Waals surface area contributed by atoms with Crippen LogP contribution in [0.15, 0.2) is 30.3 Å². The third-order valence-corrected chi connectivity index (χ3v) is 7.90. The minimum atomic E-state index is 0.0885. The molecule has 1 aliphatic heterocycles. The lowest BCUT2D eigenvalue weighted by atomic mass is 9.93. The van der Waals surface area contributed by atoms with Gasteiger partial charge < -0.3 is 25.3 Å². The topological polar surface area (TPSA) is 98.3 Å². The normalized spacial score (nSPS) is 20.1. The Bertz CT molecular complexity index is 1220. The molecule has 2 aliphatic rings. The molecule has 5 rings (SSSR count). The molecule has 2 fully saturated rings. The Morgan fingerprint density at radius 2 is 1.92 bits per heavy atom. The van der Waals surface area contributed by atoms with Gasteiger partial charge in [-0.25, -0.2) is 14.8 Å². The van der Waals surface area contributed by atoms with Crippen LogP contribution < -0.4 is 11.1 Å². The Labute approximate surface area is 213 Å². The fourth-order valence-electron chi connectivity index (χ4n) is 5.50. The van der Waals surface area contributed by atoms with Gasteiger partial charge in [-0.3, -0.25) is 0 Å². The summed E-state index contributed by atoms with van der Waals surface area (Å²) in [5.74, 6) is 2.42. The van der Waals surface area contributed by atoms with Gasteiger partial charge in [-0.05, 0) is 63.5 Å². The maximum atomic E-state index is 12.8. The van der Waals surface area contributed by atoms with Gasteiger partial charge in [0.05, 0.1) is 5.52 Å². The van der Waals surface area contributed by atoms with Crippen molar-refractivity contribution in [3.8, 4) is 0 Å². The Morgan fingerprint density at radius 1 is 1.17 bits per heavy atom. The average molecular weight is 491 g/mol. The maximum Gasteiger partial charge on any atom is 0.317 e. The number of imidazole rings is 1. The van der Waals surface area contributed by atoms with Crippen molar-refractivity contribution < 1.29 is 9.53 Å². The van der Waals surface area contributed by atoms with Gasteiger partial charge >= 0.3 is 6.03 Å². The van der Waals surface area contributed by atoms with E-state index in [0.717, 1.165) is 73.4 Å². The van der Waals surface area contributed by atoms with E-state index in [1.807, 2.05) is 24.8 Å². The molecule has 1 saturated carbocycles. The minimum Gasteiger partial charge on any atom is -0.382 e. The number of nitrogen functional groups attached to an aromatic ring is 1. The van der Waals surface area contributed by atoms with Crippen LogP contribution in [-0.4, -0.2) is 51.2 Å². The molecule has 0 spiro atoms. The summed E-state index contributed by atoms with van der Waals surface area (Å²) < 4.78 is 7.99. The SMILES string of the molecule is CCOCc1nc2c(N)nc(C)c(C)c2n1CCC1CCN(C(=O)NC2CC2c2ccccc2)CC1. The number of carbonyl (C=O) groups is 1. The highest BCUT2D eigenvalue weighted by Crippen LogP contribution is 2.40. The quantitative estimate of drug-likeness (QED) is 0.483. The standard InChI is InChI=1S/C28H38N6O2/c1-4-36-17-24-32-25-26(18(2)19(3)30-27(25)29)34(24)15-12-20-10-13-33(14-11-20)28(35)31-23-16-22(23)21-8-6-5-7-9-21/h5-9,20,22-23H,4,10-17H2,1-3H3,(H2,29,30)(H,31,35). The lowest BCUT2D eigenvalue weighted by molar-refractivity contribution is 0.125. The van der Waals surface area contributed by atoms with Gasteiger partial charge in [0.2, 0.25) is 0 Å². The van der Waals surface area contributed by atoms with Crippen molar-refractivity contribution in [2.24, 2.45) is 5.92 Å². The number of pyridine rings is 1. The fourth-order valence-corrected chi connectivity index (χ4v) is 5.50. The molecule has 2 aromatic heterocycles. The van der Waals surface area contributed by atoms with Gasteiger partial charge in [-0.2, -0.15) is 0 Å². The maximum absolute atomic E-state index is 12.8. The molecule has 3 N–H and O–H groups in total. The molecule has 8 nitrogen and oxygen atoms in total. The number of anilines is 1. The van der Waals surface area contributed by atoms with E-state index in [1.54, 1.807) is 0 Å². The van der Waals surface area contributed by atoms with Crippen LogP contribution in [0.25, 0.3) is 11.0 Å². The second-order valence-electron chi connectivity index (χ2n) is 10.2. The van der Waals surface area contributed by atoms with Crippen molar-refractivity contribution >= 4 is 22.9 Å². The van der Waals surface area contributed by atoms with Crippen molar-refractivity contribution in [1.29, 1.82) is 0 Å². The number of rotatable bonds is 8. The van der Waals surface area contributed by atoms with Gasteiger partial charge in [0.1, 0.15) is 17.9 Å². The Hall–Kier alpha value is -3.13. The van der Waals surface area contributed by atoms with Crippen LogP contribution in [0.4, 0.5) is 10.6 Å². The number of benzene rings is 1. The zero-order valence-corrected chi connectivity index (χ0v) is 21.7. The number of nitrogens with two attached hydrogens (primary N) is 1. The fraction of sp³-hybridized carbons (Fsp3) is 0.536. The van der Waals surface area contributed by atoms with Crippen molar-refractivity contribution in [3.05, 3.63) is 53.0 Å². The predicted octanol–water partition coefficient (Wildman–Crippen LogP) is 4.53. The van der Waals surface area contributed by atoms with E-state index in [1.165, 1.54) is 5.56 Å². The zero-order valence-electron chi connectivity index (χ0n) is 21.7. The van der Waals surface area contributed by atoms with Crippen molar-refractivity contribution in [1.82, 2.24) is 24.8 Å². The molecule has 2 atom stereocenters. The zero-order chi connectivity index (χ0) is 25.2. The second kappa shape index (κ2) is 10.5. The summed E-state index contributed by atoms with van der Waals surface area (Å²) in [7, 11) is 0. The lowest BCUT2D eigenvalue weighted by Gasteiger charge is -2.32. The van der Waals surface area contributed by atoms with Gasteiger partial charge in [-0.1, -0.05) is 30.3 Å². The number of hydrogen-bond acceptors (Lipinski definition) is 5. The van der Waals surface area contributed by atoms with Crippen LogP contribution in [0.5, 0.6) is 0 Å². The van der Waals surface area contributed by atoms with E-state index in [-0.39, 0.29) is 12.1 Å². The van der Waals surface area contributed by atoms with E-state index in [4.69, 9.17) is 15.5 Å². The first kappa shape index (κ1) is 24.6. The van der Waals surface area contributed by atoms with Crippen LogP contribution in [0.2, 0.25) is 0 Å². The Balaban J connectivity index is 1.17. The first-order valence-electron chi connectivity index (χ1n) is 13.3. The smallest absolute Gasteiger partial charge is 0.317 e. The van der Waals surface area contributed by atoms with Gasteiger partial charge in [0.15, 0.2) is 5.82 Å². The van der Waals surface area contributed by atoms with E-state index in [2.05, 4.69) is 46.1 Å². The molecular weight excluding hydrogens is 452 g/mol. The van der Waals surface area contributed by atoms with Crippen LogP contribution >= 0.6 is 0 Å². The number of likely N-dealkylation sites (tertiary alicyclic amines) is 1. The van der Waals surface area contributed by atoms with Crippen LogP contribution in [0.3, 0.4) is 0 Å². The summed E-state index contributed by atoms with van der Waals surface area (Å²) in [6.07, 6.45) is 4.12. The number of aromatic nitrogens is 3. The Kier molecular flexibility index (Phi) is 7.14. The highest BCUT2D eigenvalue weighted by molar-refractivity contribution is 5.88.